The molecular weight excluding hydrogens is 293 g/mol. The third kappa shape index (κ3) is 3.98. The zero-order valence-electron chi connectivity index (χ0n) is 13.6. The van der Waals surface area contributed by atoms with Crippen molar-refractivity contribution in [2.75, 3.05) is 20.3 Å². The number of imidazole rings is 1. The Hall–Kier alpha value is -1.72. The Balaban J connectivity index is 1.74. The van der Waals surface area contributed by atoms with Gasteiger partial charge in [-0.3, -0.25) is 4.90 Å². The highest BCUT2D eigenvalue weighted by Gasteiger charge is 2.24. The largest absolute Gasteiger partial charge is 0.383 e. The second-order valence-electron chi connectivity index (χ2n) is 6.10. The van der Waals surface area contributed by atoms with Crippen molar-refractivity contribution in [1.29, 1.82) is 0 Å². The molecule has 1 fully saturated rings. The smallest absolute Gasteiger partial charge is 0.123 e. The minimum atomic E-state index is -0.172. The molecule has 0 bridgehead atoms. The molecule has 0 saturated carbocycles. The van der Waals surface area contributed by atoms with Crippen molar-refractivity contribution in [3.8, 4) is 0 Å². The number of benzene rings is 1. The van der Waals surface area contributed by atoms with E-state index in [0.717, 1.165) is 26.1 Å². The highest BCUT2D eigenvalue weighted by Crippen LogP contribution is 2.32. The highest BCUT2D eigenvalue weighted by molar-refractivity contribution is 5.20. The molecule has 0 aliphatic carbocycles. The number of rotatable bonds is 6. The average Bonchev–Trinajstić information content (AvgIpc) is 3.01. The Morgan fingerprint density at radius 1 is 1.26 bits per heavy atom. The van der Waals surface area contributed by atoms with Crippen LogP contribution in [0, 0.1) is 5.82 Å². The molecule has 1 unspecified atom stereocenters. The van der Waals surface area contributed by atoms with Gasteiger partial charge < -0.3 is 9.30 Å². The van der Waals surface area contributed by atoms with Crippen molar-refractivity contribution in [3.05, 3.63) is 53.9 Å². The number of aromatic nitrogens is 2. The molecule has 2 aromatic rings. The Bertz CT molecular complexity index is 611. The number of hydrogen-bond acceptors (Lipinski definition) is 3. The van der Waals surface area contributed by atoms with E-state index in [2.05, 4.69) is 14.5 Å². The maximum absolute atomic E-state index is 13.2. The second-order valence-corrected chi connectivity index (χ2v) is 6.10. The summed E-state index contributed by atoms with van der Waals surface area (Å²) < 4.78 is 20.5. The monoisotopic (exact) mass is 317 g/mol. The molecule has 1 atom stereocenters. The third-order valence-corrected chi connectivity index (χ3v) is 4.57. The Morgan fingerprint density at radius 2 is 2.09 bits per heavy atom. The second kappa shape index (κ2) is 7.70. The fourth-order valence-electron chi connectivity index (χ4n) is 3.32. The van der Waals surface area contributed by atoms with Crippen LogP contribution in [0.5, 0.6) is 0 Å². The molecule has 124 valence electrons. The van der Waals surface area contributed by atoms with Crippen LogP contribution in [0.3, 0.4) is 0 Å². The zero-order chi connectivity index (χ0) is 16.1. The minimum absolute atomic E-state index is 0.172. The van der Waals surface area contributed by atoms with Crippen LogP contribution < -0.4 is 0 Å². The van der Waals surface area contributed by atoms with Crippen LogP contribution in [-0.2, 0) is 17.8 Å². The van der Waals surface area contributed by atoms with Crippen molar-refractivity contribution in [1.82, 2.24) is 14.5 Å². The molecule has 0 spiro atoms. The molecule has 0 N–H and O–H groups in total. The summed E-state index contributed by atoms with van der Waals surface area (Å²) in [6, 6.07) is 7.31. The van der Waals surface area contributed by atoms with Gasteiger partial charge in [-0.15, -0.1) is 0 Å². The van der Waals surface area contributed by atoms with Gasteiger partial charge in [-0.05, 0) is 37.1 Å². The molecule has 1 aromatic carbocycles. The van der Waals surface area contributed by atoms with E-state index >= 15 is 0 Å². The van der Waals surface area contributed by atoms with Crippen LogP contribution in [0.4, 0.5) is 4.39 Å². The summed E-state index contributed by atoms with van der Waals surface area (Å²) in [5.74, 6) is -0.172. The number of halogens is 1. The predicted molar refractivity (Wildman–Crippen MR) is 87.5 cm³/mol. The van der Waals surface area contributed by atoms with Gasteiger partial charge in [0, 0.05) is 32.4 Å². The maximum atomic E-state index is 13.2. The summed E-state index contributed by atoms with van der Waals surface area (Å²) in [6.45, 7) is 3.44. The van der Waals surface area contributed by atoms with E-state index in [1.165, 1.54) is 24.1 Å². The summed E-state index contributed by atoms with van der Waals surface area (Å²) in [5.41, 5.74) is 2.41. The lowest BCUT2D eigenvalue weighted by Crippen LogP contribution is -2.33. The Labute approximate surface area is 136 Å². The van der Waals surface area contributed by atoms with Gasteiger partial charge in [-0.1, -0.05) is 18.6 Å². The van der Waals surface area contributed by atoms with E-state index < -0.39 is 0 Å². The van der Waals surface area contributed by atoms with Crippen LogP contribution in [-0.4, -0.2) is 34.7 Å². The van der Waals surface area contributed by atoms with Gasteiger partial charge in [-0.25, -0.2) is 9.37 Å². The molecule has 3 rings (SSSR count). The SMILES string of the molecule is COCCn1cncc1CN1CCCCC1c1ccc(F)cc1. The van der Waals surface area contributed by atoms with Crippen molar-refractivity contribution in [2.24, 2.45) is 0 Å². The summed E-state index contributed by atoms with van der Waals surface area (Å²) in [4.78, 5) is 6.76. The summed E-state index contributed by atoms with van der Waals surface area (Å²) in [6.07, 6.45) is 7.36. The fraction of sp³-hybridized carbons (Fsp3) is 0.500. The quantitative estimate of drug-likeness (QED) is 0.818. The Kier molecular flexibility index (Phi) is 5.41. The summed E-state index contributed by atoms with van der Waals surface area (Å²) >= 11 is 0. The molecule has 23 heavy (non-hydrogen) atoms. The van der Waals surface area contributed by atoms with Crippen molar-refractivity contribution in [3.63, 3.8) is 0 Å². The van der Waals surface area contributed by atoms with Gasteiger partial charge in [0.25, 0.3) is 0 Å². The molecule has 1 saturated heterocycles. The lowest BCUT2D eigenvalue weighted by atomic mass is 9.95. The lowest BCUT2D eigenvalue weighted by molar-refractivity contribution is 0.135. The van der Waals surface area contributed by atoms with E-state index in [1.807, 2.05) is 24.7 Å². The van der Waals surface area contributed by atoms with Gasteiger partial charge in [-0.2, -0.15) is 0 Å². The average molecular weight is 317 g/mol. The highest BCUT2D eigenvalue weighted by atomic mass is 19.1. The topological polar surface area (TPSA) is 30.3 Å². The van der Waals surface area contributed by atoms with Crippen LogP contribution in [0.2, 0.25) is 0 Å². The number of hydrogen-bond donors (Lipinski definition) is 0. The van der Waals surface area contributed by atoms with E-state index in [1.54, 1.807) is 19.2 Å². The first kappa shape index (κ1) is 16.1. The normalized spacial score (nSPS) is 19.1. The fourth-order valence-corrected chi connectivity index (χ4v) is 3.32. The molecule has 1 aliphatic heterocycles. The van der Waals surface area contributed by atoms with Crippen molar-refractivity contribution >= 4 is 0 Å². The number of methoxy groups -OCH3 is 1. The molecule has 5 heteroatoms. The zero-order valence-corrected chi connectivity index (χ0v) is 13.6. The molecule has 0 radical (unpaired) electrons. The number of piperidine rings is 1. The first-order chi connectivity index (χ1) is 11.3. The van der Waals surface area contributed by atoms with Gasteiger partial charge in [0.2, 0.25) is 0 Å². The van der Waals surface area contributed by atoms with Gasteiger partial charge >= 0.3 is 0 Å². The van der Waals surface area contributed by atoms with E-state index in [0.29, 0.717) is 12.6 Å². The van der Waals surface area contributed by atoms with Crippen LogP contribution >= 0.6 is 0 Å². The first-order valence-electron chi connectivity index (χ1n) is 8.25. The van der Waals surface area contributed by atoms with Crippen LogP contribution in [0.1, 0.15) is 36.6 Å². The van der Waals surface area contributed by atoms with Crippen molar-refractivity contribution in [2.45, 2.75) is 38.4 Å². The summed E-state index contributed by atoms with van der Waals surface area (Å²) in [5, 5.41) is 0. The van der Waals surface area contributed by atoms with Crippen molar-refractivity contribution < 1.29 is 9.13 Å². The number of likely N-dealkylation sites (tertiary alicyclic amines) is 1. The lowest BCUT2D eigenvalue weighted by Gasteiger charge is -2.36. The van der Waals surface area contributed by atoms with Crippen LogP contribution in [0.15, 0.2) is 36.8 Å². The Morgan fingerprint density at radius 3 is 2.87 bits per heavy atom. The number of ether oxygens (including phenoxy) is 1. The third-order valence-electron chi connectivity index (χ3n) is 4.57. The molecule has 1 aromatic heterocycles. The molecule has 1 aliphatic rings. The molecular formula is C18H24FN3O. The maximum Gasteiger partial charge on any atom is 0.123 e. The molecule has 4 nitrogen and oxygen atoms in total. The number of nitrogens with zero attached hydrogens (tertiary/aromatic N) is 3. The van der Waals surface area contributed by atoms with Gasteiger partial charge in [0.1, 0.15) is 5.82 Å². The summed E-state index contributed by atoms with van der Waals surface area (Å²) in [7, 11) is 1.71. The van der Waals surface area contributed by atoms with E-state index in [9.17, 15) is 4.39 Å². The molecule has 2 heterocycles. The first-order valence-corrected chi connectivity index (χ1v) is 8.25. The molecule has 0 amide bonds. The van der Waals surface area contributed by atoms with Gasteiger partial charge in [0.05, 0.1) is 18.6 Å². The van der Waals surface area contributed by atoms with E-state index in [-0.39, 0.29) is 5.82 Å². The van der Waals surface area contributed by atoms with Crippen LogP contribution in [0.25, 0.3) is 0 Å². The van der Waals surface area contributed by atoms with E-state index in [4.69, 9.17) is 4.74 Å². The van der Waals surface area contributed by atoms with Gasteiger partial charge in [0.15, 0.2) is 0 Å². The minimum Gasteiger partial charge on any atom is -0.383 e. The predicted octanol–water partition coefficient (Wildman–Crippen LogP) is 3.40. The standard InChI is InChI=1S/C18H24FN3O/c1-23-11-10-22-14-20-12-17(22)13-21-9-3-2-4-18(21)15-5-7-16(19)8-6-15/h5-8,12,14,18H,2-4,9-11,13H2,1H3.